The van der Waals surface area contributed by atoms with E-state index in [1.54, 1.807) is 0 Å². The number of hydrogen-bond acceptors (Lipinski definition) is 4. The summed E-state index contributed by atoms with van der Waals surface area (Å²) in [6.45, 7) is 0. The number of sulfonamides is 1. The number of ether oxygens (including phenoxy) is 1. The standard InChI is InChI=1S/C9H11FN2O3S/c1-16(13,14)12-8-4-7(5-11-9(8)10)15-6-2-3-6/h4-6,12H,2-3H2,1H3. The summed E-state index contributed by atoms with van der Waals surface area (Å²) in [5.41, 5.74) is -0.194. The molecule has 0 unspecified atom stereocenters. The van der Waals surface area contributed by atoms with Crippen LogP contribution in [0.15, 0.2) is 12.3 Å². The van der Waals surface area contributed by atoms with E-state index in [9.17, 15) is 12.8 Å². The van der Waals surface area contributed by atoms with Crippen LogP contribution in [0.25, 0.3) is 0 Å². The summed E-state index contributed by atoms with van der Waals surface area (Å²) < 4.78 is 42.5. The van der Waals surface area contributed by atoms with Gasteiger partial charge in [0, 0.05) is 6.07 Å². The van der Waals surface area contributed by atoms with Crippen LogP contribution in [0.4, 0.5) is 10.1 Å². The molecule has 0 aromatic carbocycles. The maximum atomic E-state index is 13.2. The zero-order valence-corrected chi connectivity index (χ0v) is 9.42. The average Bonchev–Trinajstić information content (AvgIpc) is 2.92. The van der Waals surface area contributed by atoms with E-state index in [-0.39, 0.29) is 11.8 Å². The van der Waals surface area contributed by atoms with E-state index < -0.39 is 16.0 Å². The lowest BCUT2D eigenvalue weighted by Crippen LogP contribution is -2.12. The minimum Gasteiger partial charge on any atom is -0.489 e. The Labute approximate surface area is 92.7 Å². The molecule has 1 fully saturated rings. The van der Waals surface area contributed by atoms with Crippen LogP contribution in [0.5, 0.6) is 5.75 Å². The van der Waals surface area contributed by atoms with Crippen molar-refractivity contribution < 1.29 is 17.5 Å². The Morgan fingerprint density at radius 3 is 2.81 bits per heavy atom. The van der Waals surface area contributed by atoms with E-state index in [4.69, 9.17) is 4.74 Å². The molecular formula is C9H11FN2O3S. The SMILES string of the molecule is CS(=O)(=O)Nc1cc(OC2CC2)cnc1F. The highest BCUT2D eigenvalue weighted by Crippen LogP contribution is 2.28. The van der Waals surface area contributed by atoms with Gasteiger partial charge in [-0.1, -0.05) is 0 Å². The van der Waals surface area contributed by atoms with E-state index in [0.717, 1.165) is 19.1 Å². The Kier molecular flexibility index (Phi) is 2.71. The predicted molar refractivity (Wildman–Crippen MR) is 56.3 cm³/mol. The number of aromatic nitrogens is 1. The van der Waals surface area contributed by atoms with E-state index in [2.05, 4.69) is 4.98 Å². The summed E-state index contributed by atoms with van der Waals surface area (Å²) in [5, 5.41) is 0. The lowest BCUT2D eigenvalue weighted by Gasteiger charge is -2.08. The van der Waals surface area contributed by atoms with Crippen LogP contribution in [-0.2, 0) is 10.0 Å². The van der Waals surface area contributed by atoms with E-state index in [1.165, 1.54) is 12.3 Å². The molecule has 1 aromatic rings. The van der Waals surface area contributed by atoms with Gasteiger partial charge in [0.1, 0.15) is 11.4 Å². The second kappa shape index (κ2) is 3.89. The van der Waals surface area contributed by atoms with Crippen molar-refractivity contribution in [2.45, 2.75) is 18.9 Å². The highest BCUT2D eigenvalue weighted by molar-refractivity contribution is 7.92. The van der Waals surface area contributed by atoms with Gasteiger partial charge in [-0.2, -0.15) is 4.39 Å². The molecule has 0 aliphatic heterocycles. The number of anilines is 1. The van der Waals surface area contributed by atoms with Crippen molar-refractivity contribution in [3.8, 4) is 5.75 Å². The zero-order chi connectivity index (χ0) is 11.8. The first-order valence-electron chi connectivity index (χ1n) is 4.74. The molecule has 7 heteroatoms. The molecule has 0 amide bonds. The molecule has 0 atom stereocenters. The van der Waals surface area contributed by atoms with Crippen LogP contribution in [0.1, 0.15) is 12.8 Å². The molecule has 16 heavy (non-hydrogen) atoms. The molecular weight excluding hydrogens is 235 g/mol. The summed E-state index contributed by atoms with van der Waals surface area (Å²) >= 11 is 0. The first kappa shape index (κ1) is 11.1. The van der Waals surface area contributed by atoms with E-state index >= 15 is 0 Å². The minimum absolute atomic E-state index is 0.151. The van der Waals surface area contributed by atoms with Gasteiger partial charge < -0.3 is 4.74 Å². The molecule has 1 heterocycles. The Hall–Kier alpha value is -1.37. The van der Waals surface area contributed by atoms with Crippen LogP contribution in [0.2, 0.25) is 0 Å². The zero-order valence-electron chi connectivity index (χ0n) is 8.60. The smallest absolute Gasteiger partial charge is 0.237 e. The molecule has 2 rings (SSSR count). The monoisotopic (exact) mass is 246 g/mol. The fourth-order valence-electron chi connectivity index (χ4n) is 1.14. The number of halogens is 1. The summed E-state index contributed by atoms with van der Waals surface area (Å²) in [7, 11) is -3.51. The number of pyridine rings is 1. The highest BCUT2D eigenvalue weighted by atomic mass is 32.2. The first-order chi connectivity index (χ1) is 7.44. The Balaban J connectivity index is 2.21. The van der Waals surface area contributed by atoms with Crippen LogP contribution in [0.3, 0.4) is 0 Å². The van der Waals surface area contributed by atoms with Gasteiger partial charge in [0.15, 0.2) is 0 Å². The lowest BCUT2D eigenvalue weighted by molar-refractivity contribution is 0.301. The van der Waals surface area contributed by atoms with Crippen LogP contribution >= 0.6 is 0 Å². The number of nitrogens with one attached hydrogen (secondary N) is 1. The number of nitrogens with zero attached hydrogens (tertiary/aromatic N) is 1. The lowest BCUT2D eigenvalue weighted by atomic mass is 10.4. The van der Waals surface area contributed by atoms with Crippen molar-refractivity contribution in [1.82, 2.24) is 4.98 Å². The van der Waals surface area contributed by atoms with Gasteiger partial charge in [0.05, 0.1) is 18.6 Å². The van der Waals surface area contributed by atoms with Gasteiger partial charge in [-0.25, -0.2) is 13.4 Å². The molecule has 0 saturated heterocycles. The number of rotatable bonds is 4. The largest absolute Gasteiger partial charge is 0.489 e. The molecule has 5 nitrogen and oxygen atoms in total. The molecule has 1 aliphatic rings. The minimum atomic E-state index is -3.51. The van der Waals surface area contributed by atoms with Crippen molar-refractivity contribution in [2.24, 2.45) is 0 Å². The van der Waals surface area contributed by atoms with Crippen molar-refractivity contribution in [1.29, 1.82) is 0 Å². The van der Waals surface area contributed by atoms with Gasteiger partial charge in [0.25, 0.3) is 0 Å². The fraction of sp³-hybridized carbons (Fsp3) is 0.444. The Morgan fingerprint density at radius 1 is 1.56 bits per heavy atom. The molecule has 1 N–H and O–H groups in total. The second-order valence-electron chi connectivity index (χ2n) is 3.70. The molecule has 1 aromatic heterocycles. The van der Waals surface area contributed by atoms with Crippen molar-refractivity contribution >= 4 is 15.7 Å². The van der Waals surface area contributed by atoms with E-state index in [1.807, 2.05) is 4.72 Å². The first-order valence-corrected chi connectivity index (χ1v) is 6.63. The third-order valence-electron chi connectivity index (χ3n) is 1.94. The highest BCUT2D eigenvalue weighted by Gasteiger charge is 2.24. The predicted octanol–water partition coefficient (Wildman–Crippen LogP) is 1.13. The maximum absolute atomic E-state index is 13.2. The van der Waals surface area contributed by atoms with Gasteiger partial charge in [-0.15, -0.1) is 0 Å². The average molecular weight is 246 g/mol. The summed E-state index contributed by atoms with van der Waals surface area (Å²) in [5.74, 6) is -0.497. The quantitative estimate of drug-likeness (QED) is 0.809. The van der Waals surface area contributed by atoms with Crippen molar-refractivity contribution in [2.75, 3.05) is 11.0 Å². The van der Waals surface area contributed by atoms with Crippen LogP contribution in [-0.4, -0.2) is 25.8 Å². The molecule has 0 radical (unpaired) electrons. The Bertz CT molecular complexity index is 499. The third kappa shape index (κ3) is 3.06. The van der Waals surface area contributed by atoms with Gasteiger partial charge >= 0.3 is 0 Å². The van der Waals surface area contributed by atoms with Gasteiger partial charge in [-0.05, 0) is 12.8 Å². The summed E-state index contributed by atoms with van der Waals surface area (Å²) in [4.78, 5) is 3.43. The molecule has 0 bridgehead atoms. The summed E-state index contributed by atoms with van der Waals surface area (Å²) in [6, 6.07) is 1.29. The molecule has 0 spiro atoms. The van der Waals surface area contributed by atoms with Crippen molar-refractivity contribution in [3.63, 3.8) is 0 Å². The topological polar surface area (TPSA) is 68.3 Å². The maximum Gasteiger partial charge on any atom is 0.237 e. The van der Waals surface area contributed by atoms with Crippen molar-refractivity contribution in [3.05, 3.63) is 18.2 Å². The number of hydrogen-bond donors (Lipinski definition) is 1. The van der Waals surface area contributed by atoms with Gasteiger partial charge in [0.2, 0.25) is 16.0 Å². The van der Waals surface area contributed by atoms with E-state index in [0.29, 0.717) is 5.75 Å². The molecule has 1 aliphatic carbocycles. The second-order valence-corrected chi connectivity index (χ2v) is 5.45. The normalized spacial score (nSPS) is 15.9. The fourth-order valence-corrected chi connectivity index (χ4v) is 1.69. The van der Waals surface area contributed by atoms with Crippen LogP contribution in [0, 0.1) is 5.95 Å². The summed E-state index contributed by atoms with van der Waals surface area (Å²) in [6.07, 6.45) is 4.26. The van der Waals surface area contributed by atoms with Gasteiger partial charge in [-0.3, -0.25) is 4.72 Å². The molecule has 88 valence electrons. The van der Waals surface area contributed by atoms with Crippen LogP contribution < -0.4 is 9.46 Å². The third-order valence-corrected chi connectivity index (χ3v) is 2.53. The molecule has 1 saturated carbocycles. The Morgan fingerprint density at radius 2 is 2.25 bits per heavy atom.